The molecular weight excluding hydrogens is 701 g/mol. The highest BCUT2D eigenvalue weighted by Crippen LogP contribution is 2.42. The third kappa shape index (κ3) is 19.9. The number of hydrogen-bond acceptors (Lipinski definition) is 0. The minimum Gasteiger partial charge on any atom is -0.493 e. The molecule has 0 saturated heterocycles. The van der Waals surface area contributed by atoms with Crippen LogP contribution < -0.4 is 0 Å². The summed E-state index contributed by atoms with van der Waals surface area (Å²) in [5, 5.41) is 0. The van der Waals surface area contributed by atoms with Gasteiger partial charge in [0.1, 0.15) is 5.57 Å². The van der Waals surface area contributed by atoms with Crippen LogP contribution >= 0.6 is 0 Å². The van der Waals surface area contributed by atoms with E-state index in [1.165, 1.54) is 195 Å². The number of benzene rings is 2. The molecule has 322 valence electrons. The molecule has 1 heterocycles. The Hall–Kier alpha value is -2.92. The van der Waals surface area contributed by atoms with Gasteiger partial charge in [-0.3, -0.25) is 0 Å². The van der Waals surface area contributed by atoms with Gasteiger partial charge in [-0.05, 0) is 80.3 Å². The van der Waals surface area contributed by atoms with E-state index in [0.29, 0.717) is 0 Å². The van der Waals surface area contributed by atoms with Crippen molar-refractivity contribution in [3.8, 4) is 11.8 Å². The van der Waals surface area contributed by atoms with Gasteiger partial charge in [-0.15, -0.1) is 0 Å². The van der Waals surface area contributed by atoms with E-state index in [1.807, 2.05) is 0 Å². The van der Waals surface area contributed by atoms with Gasteiger partial charge in [0.15, 0.2) is 0 Å². The Morgan fingerprint density at radius 2 is 0.776 bits per heavy atom. The molecule has 0 aromatic heterocycles. The fraction of sp³-hybridized carbons (Fsp3) is 0.679. The Kier molecular flexibility index (Phi) is 28.0. The smallest absolute Gasteiger partial charge is 0.223 e. The van der Waals surface area contributed by atoms with E-state index in [9.17, 15) is 5.53 Å². The van der Waals surface area contributed by atoms with Gasteiger partial charge in [-0.2, -0.15) is 0 Å². The molecule has 3 rings (SSSR count). The van der Waals surface area contributed by atoms with Crippen molar-refractivity contribution in [1.29, 1.82) is 0 Å². The molecule has 0 aliphatic carbocycles. The average Bonchev–Trinajstić information content (AvgIpc) is 3.52. The zero-order chi connectivity index (χ0) is 41.3. The van der Waals surface area contributed by atoms with Crippen LogP contribution in [-0.4, -0.2) is 4.70 Å². The Bertz CT molecular complexity index is 1510. The molecule has 2 aromatic rings. The van der Waals surface area contributed by atoms with Gasteiger partial charge in [-0.25, -0.2) is 4.70 Å². The van der Waals surface area contributed by atoms with Gasteiger partial charge in [0, 0.05) is 23.1 Å². The zero-order valence-corrected chi connectivity index (χ0v) is 38.6. The second-order valence-corrected chi connectivity index (χ2v) is 17.8. The second-order valence-electron chi connectivity index (χ2n) is 17.8. The Labute approximate surface area is 360 Å². The fourth-order valence-electron chi connectivity index (χ4n) is 8.74. The maximum Gasteiger partial charge on any atom is 0.223 e. The van der Waals surface area contributed by atoms with E-state index in [4.69, 9.17) is 0 Å². The van der Waals surface area contributed by atoms with Gasteiger partial charge in [0.25, 0.3) is 0 Å². The molecule has 58 heavy (non-hydrogen) atoms. The molecule has 1 aliphatic rings. The summed E-state index contributed by atoms with van der Waals surface area (Å²) >= 11 is 0. The van der Waals surface area contributed by atoms with Crippen molar-refractivity contribution in [2.75, 3.05) is 0 Å². The summed E-state index contributed by atoms with van der Waals surface area (Å²) in [4.78, 5) is 0. The van der Waals surface area contributed by atoms with Crippen molar-refractivity contribution in [2.45, 2.75) is 246 Å². The van der Waals surface area contributed by atoms with Crippen LogP contribution in [0.2, 0.25) is 0 Å². The number of allylic oxidation sites excluding steroid dienone is 2. The third-order valence-corrected chi connectivity index (χ3v) is 12.4. The first kappa shape index (κ1) is 49.4. The molecule has 2 heteroatoms. The molecule has 0 amide bonds. The summed E-state index contributed by atoms with van der Waals surface area (Å²) in [5.41, 5.74) is 21.0. The quantitative estimate of drug-likeness (QED) is 0.0378. The van der Waals surface area contributed by atoms with Crippen LogP contribution in [0.4, 0.5) is 0 Å². The monoisotopic (exact) mass is 789 g/mol. The van der Waals surface area contributed by atoms with E-state index < -0.39 is 0 Å². The van der Waals surface area contributed by atoms with Crippen molar-refractivity contribution in [1.82, 2.24) is 0 Å². The highest BCUT2D eigenvalue weighted by molar-refractivity contribution is 5.85. The molecule has 0 N–H and O–H groups in total. The highest BCUT2D eigenvalue weighted by Gasteiger charge is 2.35. The molecule has 0 atom stereocenters. The van der Waals surface area contributed by atoms with Crippen LogP contribution in [0, 0.1) is 11.8 Å². The summed E-state index contributed by atoms with van der Waals surface area (Å²) < 4.78 is 1.49. The molecule has 0 spiro atoms. The summed E-state index contributed by atoms with van der Waals surface area (Å²) in [5.74, 6) is 7.27. The third-order valence-electron chi connectivity index (χ3n) is 12.4. The second kappa shape index (κ2) is 32.9. The van der Waals surface area contributed by atoms with Gasteiger partial charge < -0.3 is 5.53 Å². The SMILES string of the molecule is CCCCCCCCCCCCCCCCCCCCCCCCCCC#CC1=C(c2cccc(CCCC)c2)[N+](=[N-])C(c2cccc(CCCC)c2)=C1CCCC. The highest BCUT2D eigenvalue weighted by atomic mass is 15.2. The minimum atomic E-state index is 0.866. The van der Waals surface area contributed by atoms with Gasteiger partial charge in [-0.1, -0.05) is 231 Å². The Morgan fingerprint density at radius 1 is 0.414 bits per heavy atom. The van der Waals surface area contributed by atoms with Gasteiger partial charge >= 0.3 is 0 Å². The predicted molar refractivity (Wildman–Crippen MR) is 256 cm³/mol. The van der Waals surface area contributed by atoms with Gasteiger partial charge in [0.2, 0.25) is 11.4 Å². The largest absolute Gasteiger partial charge is 0.493 e. The van der Waals surface area contributed by atoms with E-state index in [1.54, 1.807) is 0 Å². The lowest BCUT2D eigenvalue weighted by molar-refractivity contribution is -0.345. The topological polar surface area (TPSA) is 25.3 Å². The molecule has 2 aromatic carbocycles. The number of aryl methyl sites for hydroxylation is 2. The lowest BCUT2D eigenvalue weighted by atomic mass is 9.94. The zero-order valence-electron chi connectivity index (χ0n) is 38.6. The first-order valence-electron chi connectivity index (χ1n) is 25.3. The first-order valence-corrected chi connectivity index (χ1v) is 25.3. The van der Waals surface area contributed by atoms with Crippen molar-refractivity contribution >= 4 is 11.4 Å². The van der Waals surface area contributed by atoms with Crippen LogP contribution in [0.15, 0.2) is 59.7 Å². The number of nitrogens with zero attached hydrogens (tertiary/aromatic N) is 2. The van der Waals surface area contributed by atoms with E-state index in [0.717, 1.165) is 73.0 Å². The maximum atomic E-state index is 12.1. The van der Waals surface area contributed by atoms with Crippen molar-refractivity contribution < 1.29 is 4.70 Å². The average molecular weight is 789 g/mol. The fourth-order valence-corrected chi connectivity index (χ4v) is 8.74. The number of rotatable bonds is 35. The molecule has 1 aliphatic heterocycles. The maximum absolute atomic E-state index is 12.1. The molecule has 0 saturated carbocycles. The van der Waals surface area contributed by atoms with Gasteiger partial charge in [0.05, 0.1) is 0 Å². The van der Waals surface area contributed by atoms with Crippen molar-refractivity contribution in [2.24, 2.45) is 0 Å². The van der Waals surface area contributed by atoms with Crippen molar-refractivity contribution in [3.63, 3.8) is 0 Å². The van der Waals surface area contributed by atoms with Crippen LogP contribution in [0.25, 0.3) is 16.9 Å². The lowest BCUT2D eigenvalue weighted by Crippen LogP contribution is -2.03. The number of unbranched alkanes of at least 4 members (excludes halogenated alkanes) is 27. The van der Waals surface area contributed by atoms with E-state index in [-0.39, 0.29) is 0 Å². The normalized spacial score (nSPS) is 12.9. The summed E-state index contributed by atoms with van der Waals surface area (Å²) in [6.45, 7) is 9.06. The van der Waals surface area contributed by atoms with Crippen LogP contribution in [0.1, 0.15) is 255 Å². The molecule has 0 bridgehead atoms. The minimum absolute atomic E-state index is 0.866. The van der Waals surface area contributed by atoms with Crippen LogP contribution in [-0.2, 0) is 12.8 Å². The first-order chi connectivity index (χ1) is 28.6. The summed E-state index contributed by atoms with van der Waals surface area (Å²) in [6.07, 6.45) is 44.9. The predicted octanol–water partition coefficient (Wildman–Crippen LogP) is 18.5. The molecule has 0 fully saturated rings. The van der Waals surface area contributed by atoms with E-state index in [2.05, 4.69) is 88.1 Å². The molecule has 2 nitrogen and oxygen atoms in total. The van der Waals surface area contributed by atoms with Crippen LogP contribution in [0.5, 0.6) is 0 Å². The molecule has 0 unspecified atom stereocenters. The molecule has 0 radical (unpaired) electrons. The number of hydrogen-bond donors (Lipinski definition) is 0. The Morgan fingerprint density at radius 3 is 1.19 bits per heavy atom. The van der Waals surface area contributed by atoms with Crippen LogP contribution in [0.3, 0.4) is 0 Å². The molecular formula is C56H88N2. The Balaban J connectivity index is 1.40. The van der Waals surface area contributed by atoms with E-state index >= 15 is 0 Å². The van der Waals surface area contributed by atoms with Crippen molar-refractivity contribution in [3.05, 3.63) is 87.5 Å². The summed E-state index contributed by atoms with van der Waals surface area (Å²) in [7, 11) is 0. The summed E-state index contributed by atoms with van der Waals surface area (Å²) in [6, 6.07) is 17.7. The lowest BCUT2D eigenvalue weighted by Gasteiger charge is -2.11. The standard InChI is InChI=1S/C56H88N2/c1-5-9-13-14-15-16-17-18-19-20-21-22-23-24-25-26-27-28-29-30-31-32-33-34-35-36-46-54-53(45-12-8-4)55(51-43-37-41-49(47-51)39-10-6-2)58(57)56(54)52-44-38-42-50(48-52)40-11-7-3/h37-38,41-44,47-48H,5-35,39-40,45H2,1-4H3.